The molecule has 0 spiro atoms. The molecule has 0 saturated heterocycles. The van der Waals surface area contributed by atoms with Gasteiger partial charge >= 0.3 is 0 Å². The third kappa shape index (κ3) is 4.32. The van der Waals surface area contributed by atoms with Crippen LogP contribution in [0.2, 0.25) is 0 Å². The van der Waals surface area contributed by atoms with Crippen LogP contribution in [0.4, 0.5) is 5.82 Å². The Labute approximate surface area is 102 Å². The number of rotatable bonds is 6. The lowest BCUT2D eigenvalue weighted by Crippen LogP contribution is -2.21. The molecule has 0 aromatic carbocycles. The number of ether oxygens (including phenoxy) is 1. The fraction of sp³-hybridized carbons (Fsp3) is 0.545. The predicted octanol–water partition coefficient (Wildman–Crippen LogP) is 1.32. The number of hydrogen-bond acceptors (Lipinski definition) is 5. The van der Waals surface area contributed by atoms with Crippen molar-refractivity contribution in [1.82, 2.24) is 4.98 Å². The van der Waals surface area contributed by atoms with Crippen LogP contribution in [0.15, 0.2) is 23.2 Å². The summed E-state index contributed by atoms with van der Waals surface area (Å²) in [6.45, 7) is 4.98. The van der Waals surface area contributed by atoms with E-state index in [1.165, 1.54) is 12.3 Å². The van der Waals surface area contributed by atoms with Crippen LogP contribution in [-0.4, -0.2) is 38.9 Å². The second kappa shape index (κ2) is 5.97. The highest BCUT2D eigenvalue weighted by molar-refractivity contribution is 7.90. The normalized spacial score (nSPS) is 13.4. The quantitative estimate of drug-likeness (QED) is 0.833. The molecule has 0 saturated carbocycles. The lowest BCUT2D eigenvalue weighted by atomic mass is 10.4. The summed E-state index contributed by atoms with van der Waals surface area (Å²) in [6.07, 6.45) is 2.73. The van der Waals surface area contributed by atoms with Crippen molar-refractivity contribution in [3.8, 4) is 0 Å². The molecule has 0 aliphatic carbocycles. The van der Waals surface area contributed by atoms with Crippen molar-refractivity contribution < 1.29 is 13.2 Å². The molecule has 1 aromatic heterocycles. The second-order valence-corrected chi connectivity index (χ2v) is 5.75. The first-order chi connectivity index (χ1) is 7.95. The lowest BCUT2D eigenvalue weighted by Gasteiger charge is -2.14. The highest BCUT2D eigenvalue weighted by Crippen LogP contribution is 2.17. The molecular weight excluding hydrogens is 240 g/mol. The number of sulfone groups is 1. The number of nitrogens with zero attached hydrogens (tertiary/aromatic N) is 1. The first-order valence-electron chi connectivity index (χ1n) is 5.45. The monoisotopic (exact) mass is 258 g/mol. The molecule has 1 N–H and O–H groups in total. The molecule has 0 aliphatic heterocycles. The first-order valence-corrected chi connectivity index (χ1v) is 7.34. The minimum atomic E-state index is -3.26. The lowest BCUT2D eigenvalue weighted by molar-refractivity contribution is 0.0854. The standard InChI is InChI=1S/C11H18N2O3S/c1-4-16-9(2)8-13-11-10(17(3,14)15)6-5-7-12-11/h5-7,9H,4,8H2,1-3H3,(H,12,13). The molecule has 0 fully saturated rings. The van der Waals surface area contributed by atoms with Gasteiger partial charge in [0.25, 0.3) is 0 Å². The molecule has 0 radical (unpaired) electrons. The summed E-state index contributed by atoms with van der Waals surface area (Å²) in [5, 5.41) is 2.99. The van der Waals surface area contributed by atoms with Crippen LogP contribution in [0.25, 0.3) is 0 Å². The van der Waals surface area contributed by atoms with Crippen molar-refractivity contribution in [1.29, 1.82) is 0 Å². The summed E-state index contributed by atoms with van der Waals surface area (Å²) in [5.74, 6) is 0.376. The number of aromatic nitrogens is 1. The molecule has 17 heavy (non-hydrogen) atoms. The van der Waals surface area contributed by atoms with Gasteiger partial charge in [0.1, 0.15) is 10.7 Å². The average Bonchev–Trinajstić information content (AvgIpc) is 2.26. The minimum Gasteiger partial charge on any atom is -0.377 e. The Bertz CT molecular complexity index is 460. The van der Waals surface area contributed by atoms with Crippen molar-refractivity contribution in [3.05, 3.63) is 18.3 Å². The van der Waals surface area contributed by atoms with Gasteiger partial charge in [-0.15, -0.1) is 0 Å². The molecule has 0 amide bonds. The van der Waals surface area contributed by atoms with Gasteiger partial charge in [0, 0.05) is 25.6 Å². The summed E-state index contributed by atoms with van der Waals surface area (Å²) >= 11 is 0. The van der Waals surface area contributed by atoms with E-state index < -0.39 is 9.84 Å². The van der Waals surface area contributed by atoms with Gasteiger partial charge in [-0.2, -0.15) is 0 Å². The smallest absolute Gasteiger partial charge is 0.179 e. The van der Waals surface area contributed by atoms with Crippen LogP contribution < -0.4 is 5.32 Å². The van der Waals surface area contributed by atoms with Gasteiger partial charge in [-0.05, 0) is 26.0 Å². The van der Waals surface area contributed by atoms with Crippen LogP contribution >= 0.6 is 0 Å². The molecule has 0 aliphatic rings. The van der Waals surface area contributed by atoms with E-state index in [0.29, 0.717) is 19.0 Å². The maximum atomic E-state index is 11.5. The maximum Gasteiger partial charge on any atom is 0.179 e. The number of nitrogens with one attached hydrogen (secondary N) is 1. The van der Waals surface area contributed by atoms with Crippen molar-refractivity contribution in [2.45, 2.75) is 24.8 Å². The Hall–Kier alpha value is -1.14. The van der Waals surface area contributed by atoms with Gasteiger partial charge in [-0.25, -0.2) is 13.4 Å². The zero-order valence-electron chi connectivity index (χ0n) is 10.3. The van der Waals surface area contributed by atoms with Gasteiger partial charge in [-0.1, -0.05) is 0 Å². The largest absolute Gasteiger partial charge is 0.377 e. The van der Waals surface area contributed by atoms with Crippen LogP contribution in [-0.2, 0) is 14.6 Å². The number of anilines is 1. The van der Waals surface area contributed by atoms with Gasteiger partial charge in [-0.3, -0.25) is 0 Å². The highest BCUT2D eigenvalue weighted by Gasteiger charge is 2.14. The molecule has 1 aromatic rings. The van der Waals surface area contributed by atoms with Crippen LogP contribution in [0, 0.1) is 0 Å². The Morgan fingerprint density at radius 1 is 1.53 bits per heavy atom. The predicted molar refractivity (Wildman–Crippen MR) is 66.9 cm³/mol. The highest BCUT2D eigenvalue weighted by atomic mass is 32.2. The van der Waals surface area contributed by atoms with Gasteiger partial charge in [0.2, 0.25) is 0 Å². The third-order valence-electron chi connectivity index (χ3n) is 2.18. The molecule has 5 nitrogen and oxygen atoms in total. The molecular formula is C11H18N2O3S. The van der Waals surface area contributed by atoms with E-state index in [9.17, 15) is 8.42 Å². The molecule has 1 unspecified atom stereocenters. The van der Waals surface area contributed by atoms with Crippen LogP contribution in [0.1, 0.15) is 13.8 Å². The van der Waals surface area contributed by atoms with Crippen molar-refractivity contribution in [2.24, 2.45) is 0 Å². The van der Waals surface area contributed by atoms with Gasteiger partial charge < -0.3 is 10.1 Å². The fourth-order valence-electron chi connectivity index (χ4n) is 1.41. The number of hydrogen-bond donors (Lipinski definition) is 1. The molecule has 1 heterocycles. The molecule has 0 bridgehead atoms. The Morgan fingerprint density at radius 2 is 2.24 bits per heavy atom. The van der Waals surface area contributed by atoms with Crippen molar-refractivity contribution >= 4 is 15.7 Å². The van der Waals surface area contributed by atoms with Gasteiger partial charge in [0.15, 0.2) is 9.84 Å². The Balaban J connectivity index is 2.78. The summed E-state index contributed by atoms with van der Waals surface area (Å²) in [4.78, 5) is 4.24. The summed E-state index contributed by atoms with van der Waals surface area (Å²) < 4.78 is 28.4. The van der Waals surface area contributed by atoms with E-state index in [2.05, 4.69) is 10.3 Å². The zero-order valence-corrected chi connectivity index (χ0v) is 11.1. The van der Waals surface area contributed by atoms with Gasteiger partial charge in [0.05, 0.1) is 6.10 Å². The maximum absolute atomic E-state index is 11.5. The molecule has 1 atom stereocenters. The topological polar surface area (TPSA) is 68.3 Å². The van der Waals surface area contributed by atoms with Crippen LogP contribution in [0.5, 0.6) is 0 Å². The summed E-state index contributed by atoms with van der Waals surface area (Å²) in [6, 6.07) is 3.14. The van der Waals surface area contributed by atoms with E-state index in [4.69, 9.17) is 4.74 Å². The summed E-state index contributed by atoms with van der Waals surface area (Å²) in [5.41, 5.74) is 0. The fourth-order valence-corrected chi connectivity index (χ4v) is 2.21. The summed E-state index contributed by atoms with van der Waals surface area (Å²) in [7, 11) is -3.26. The SMILES string of the molecule is CCOC(C)CNc1ncccc1S(C)(=O)=O. The minimum absolute atomic E-state index is 0.00872. The van der Waals surface area contributed by atoms with E-state index >= 15 is 0 Å². The van der Waals surface area contributed by atoms with E-state index in [-0.39, 0.29) is 11.0 Å². The van der Waals surface area contributed by atoms with E-state index in [1.807, 2.05) is 13.8 Å². The van der Waals surface area contributed by atoms with Crippen molar-refractivity contribution in [2.75, 3.05) is 24.7 Å². The van der Waals surface area contributed by atoms with Crippen molar-refractivity contribution in [3.63, 3.8) is 0 Å². The molecule has 6 heteroatoms. The second-order valence-electron chi connectivity index (χ2n) is 3.77. The molecule has 96 valence electrons. The van der Waals surface area contributed by atoms with Crippen LogP contribution in [0.3, 0.4) is 0 Å². The zero-order chi connectivity index (χ0) is 12.9. The van der Waals surface area contributed by atoms with E-state index in [0.717, 1.165) is 0 Å². The Kier molecular flexibility index (Phi) is 4.89. The van der Waals surface area contributed by atoms with E-state index in [1.54, 1.807) is 12.3 Å². The Morgan fingerprint density at radius 3 is 2.82 bits per heavy atom. The first kappa shape index (κ1) is 13.9. The average molecular weight is 258 g/mol. The molecule has 1 rings (SSSR count). The number of pyridine rings is 1. The third-order valence-corrected chi connectivity index (χ3v) is 3.31.